The third kappa shape index (κ3) is 2.77. The number of anilines is 1. The number of hydrogen-bond donors (Lipinski definition) is 2. The van der Waals surface area contributed by atoms with Crippen molar-refractivity contribution in [2.45, 2.75) is 6.42 Å². The van der Waals surface area contributed by atoms with E-state index in [9.17, 15) is 4.79 Å². The number of H-pyrrole nitrogens is 1. The Morgan fingerprint density at radius 2 is 2.04 bits per heavy atom. The largest absolute Gasteiger partial charge is 0.326 e. The maximum atomic E-state index is 12.3. The second-order valence-electron chi connectivity index (χ2n) is 5.45. The Morgan fingerprint density at radius 3 is 2.92 bits per heavy atom. The standard InChI is InChI=1S/C18H15N5O/c24-18(12-17-15-7-1-2-8-16(15)21-22-17)20-13-5-3-6-14(11-13)23-10-4-9-19-23/h1-11H,12H2,(H,20,24)(H,21,22). The zero-order chi connectivity index (χ0) is 16.4. The predicted octanol–water partition coefficient (Wildman–Crippen LogP) is 2.93. The lowest BCUT2D eigenvalue weighted by Gasteiger charge is -2.07. The van der Waals surface area contributed by atoms with E-state index in [2.05, 4.69) is 20.6 Å². The average molecular weight is 317 g/mol. The van der Waals surface area contributed by atoms with Crippen LogP contribution < -0.4 is 5.32 Å². The molecule has 0 aliphatic heterocycles. The van der Waals surface area contributed by atoms with Gasteiger partial charge in [-0.1, -0.05) is 24.3 Å². The first kappa shape index (κ1) is 14.2. The predicted molar refractivity (Wildman–Crippen MR) is 92.0 cm³/mol. The molecular formula is C18H15N5O. The molecule has 0 aliphatic rings. The highest BCUT2D eigenvalue weighted by molar-refractivity contribution is 5.95. The van der Waals surface area contributed by atoms with Gasteiger partial charge in [0.25, 0.3) is 0 Å². The van der Waals surface area contributed by atoms with Crippen molar-refractivity contribution < 1.29 is 4.79 Å². The molecule has 2 aromatic heterocycles. The van der Waals surface area contributed by atoms with Gasteiger partial charge in [-0.3, -0.25) is 9.89 Å². The second-order valence-corrected chi connectivity index (χ2v) is 5.45. The molecule has 6 heteroatoms. The minimum Gasteiger partial charge on any atom is -0.326 e. The lowest BCUT2D eigenvalue weighted by Crippen LogP contribution is -2.15. The number of aromatic nitrogens is 4. The van der Waals surface area contributed by atoms with E-state index in [0.29, 0.717) is 0 Å². The van der Waals surface area contributed by atoms with Gasteiger partial charge in [-0.2, -0.15) is 10.2 Å². The molecule has 4 aromatic rings. The van der Waals surface area contributed by atoms with Crippen LogP contribution >= 0.6 is 0 Å². The number of carbonyl (C=O) groups is 1. The first-order valence-electron chi connectivity index (χ1n) is 7.61. The lowest BCUT2D eigenvalue weighted by molar-refractivity contribution is -0.115. The molecule has 0 saturated carbocycles. The van der Waals surface area contributed by atoms with Crippen molar-refractivity contribution in [2.24, 2.45) is 0 Å². The van der Waals surface area contributed by atoms with E-state index in [0.717, 1.165) is 28.0 Å². The van der Waals surface area contributed by atoms with E-state index in [4.69, 9.17) is 0 Å². The van der Waals surface area contributed by atoms with Gasteiger partial charge in [0.15, 0.2) is 0 Å². The van der Waals surface area contributed by atoms with Crippen molar-refractivity contribution in [1.29, 1.82) is 0 Å². The SMILES string of the molecule is O=C(Cc1[nH]nc2ccccc12)Nc1cccc(-n2cccn2)c1. The van der Waals surface area contributed by atoms with Crippen LogP contribution in [0.25, 0.3) is 16.6 Å². The van der Waals surface area contributed by atoms with E-state index in [1.807, 2.05) is 60.8 Å². The monoisotopic (exact) mass is 317 g/mol. The number of benzene rings is 2. The van der Waals surface area contributed by atoms with Crippen molar-refractivity contribution in [3.8, 4) is 5.69 Å². The van der Waals surface area contributed by atoms with E-state index in [1.165, 1.54) is 0 Å². The van der Waals surface area contributed by atoms with Crippen molar-refractivity contribution in [1.82, 2.24) is 20.0 Å². The molecule has 0 bridgehead atoms. The summed E-state index contributed by atoms with van der Waals surface area (Å²) in [5, 5.41) is 15.2. The fourth-order valence-electron chi connectivity index (χ4n) is 2.66. The van der Waals surface area contributed by atoms with Crippen LogP contribution in [-0.4, -0.2) is 25.9 Å². The summed E-state index contributed by atoms with van der Waals surface area (Å²) < 4.78 is 1.75. The molecule has 4 rings (SSSR count). The number of nitrogens with one attached hydrogen (secondary N) is 2. The van der Waals surface area contributed by atoms with Crippen LogP contribution in [0.3, 0.4) is 0 Å². The number of aromatic amines is 1. The van der Waals surface area contributed by atoms with Gasteiger partial charge in [-0.15, -0.1) is 0 Å². The average Bonchev–Trinajstić information content (AvgIpc) is 3.26. The van der Waals surface area contributed by atoms with Gasteiger partial charge in [0.05, 0.1) is 23.3 Å². The number of amides is 1. The van der Waals surface area contributed by atoms with Gasteiger partial charge in [-0.05, 0) is 30.3 Å². The molecule has 0 saturated heterocycles. The molecule has 2 heterocycles. The van der Waals surface area contributed by atoms with Gasteiger partial charge in [0.1, 0.15) is 0 Å². The lowest BCUT2D eigenvalue weighted by atomic mass is 10.1. The van der Waals surface area contributed by atoms with Crippen molar-refractivity contribution in [2.75, 3.05) is 5.32 Å². The fourth-order valence-corrected chi connectivity index (χ4v) is 2.66. The Labute approximate surface area is 138 Å². The summed E-state index contributed by atoms with van der Waals surface area (Å²) in [6.45, 7) is 0. The van der Waals surface area contributed by atoms with Crippen LogP contribution in [0.1, 0.15) is 5.69 Å². The van der Waals surface area contributed by atoms with Crippen LogP contribution in [0, 0.1) is 0 Å². The van der Waals surface area contributed by atoms with Crippen LogP contribution in [0.4, 0.5) is 5.69 Å². The van der Waals surface area contributed by atoms with Crippen LogP contribution in [-0.2, 0) is 11.2 Å². The molecule has 2 N–H and O–H groups in total. The normalized spacial score (nSPS) is 10.8. The number of hydrogen-bond acceptors (Lipinski definition) is 3. The van der Waals surface area contributed by atoms with Crippen molar-refractivity contribution >= 4 is 22.5 Å². The Bertz CT molecular complexity index is 988. The molecule has 0 radical (unpaired) electrons. The highest BCUT2D eigenvalue weighted by Gasteiger charge is 2.10. The molecule has 0 atom stereocenters. The quantitative estimate of drug-likeness (QED) is 0.607. The van der Waals surface area contributed by atoms with Crippen molar-refractivity contribution in [3.05, 3.63) is 72.7 Å². The molecule has 2 aromatic carbocycles. The molecule has 24 heavy (non-hydrogen) atoms. The first-order chi connectivity index (χ1) is 11.8. The molecule has 1 amide bonds. The van der Waals surface area contributed by atoms with Crippen molar-refractivity contribution in [3.63, 3.8) is 0 Å². The fraction of sp³-hybridized carbons (Fsp3) is 0.0556. The van der Waals surface area contributed by atoms with Crippen LogP contribution in [0.5, 0.6) is 0 Å². The number of carbonyl (C=O) groups excluding carboxylic acids is 1. The summed E-state index contributed by atoms with van der Waals surface area (Å²) >= 11 is 0. The van der Waals surface area contributed by atoms with Gasteiger partial charge in [-0.25, -0.2) is 4.68 Å². The summed E-state index contributed by atoms with van der Waals surface area (Å²) in [4.78, 5) is 12.3. The van der Waals surface area contributed by atoms with E-state index in [1.54, 1.807) is 10.9 Å². The first-order valence-corrected chi connectivity index (χ1v) is 7.61. The topological polar surface area (TPSA) is 75.6 Å². The third-order valence-electron chi connectivity index (χ3n) is 3.78. The number of rotatable bonds is 4. The minimum atomic E-state index is -0.0954. The van der Waals surface area contributed by atoms with Crippen LogP contribution in [0.15, 0.2) is 67.0 Å². The van der Waals surface area contributed by atoms with Gasteiger partial charge < -0.3 is 5.32 Å². The molecule has 0 spiro atoms. The summed E-state index contributed by atoms with van der Waals surface area (Å²) in [5.74, 6) is -0.0954. The smallest absolute Gasteiger partial charge is 0.230 e. The van der Waals surface area contributed by atoms with Gasteiger partial charge in [0.2, 0.25) is 5.91 Å². The highest BCUT2D eigenvalue weighted by atomic mass is 16.1. The van der Waals surface area contributed by atoms with E-state index >= 15 is 0 Å². The number of nitrogens with zero attached hydrogens (tertiary/aromatic N) is 3. The molecule has 118 valence electrons. The summed E-state index contributed by atoms with van der Waals surface area (Å²) in [5.41, 5.74) is 3.30. The zero-order valence-corrected chi connectivity index (χ0v) is 12.8. The Morgan fingerprint density at radius 1 is 1.12 bits per heavy atom. The summed E-state index contributed by atoms with van der Waals surface area (Å²) in [6.07, 6.45) is 3.82. The molecular weight excluding hydrogens is 302 g/mol. The minimum absolute atomic E-state index is 0.0954. The Kier molecular flexibility index (Phi) is 3.55. The maximum absolute atomic E-state index is 12.3. The summed E-state index contributed by atoms with van der Waals surface area (Å²) in [6, 6.07) is 17.2. The molecule has 0 fully saturated rings. The van der Waals surface area contributed by atoms with E-state index in [-0.39, 0.29) is 12.3 Å². The Balaban J connectivity index is 1.51. The molecule has 0 aliphatic carbocycles. The van der Waals surface area contributed by atoms with Gasteiger partial charge in [0, 0.05) is 23.5 Å². The summed E-state index contributed by atoms with van der Waals surface area (Å²) in [7, 11) is 0. The molecule has 6 nitrogen and oxygen atoms in total. The second kappa shape index (κ2) is 6.00. The maximum Gasteiger partial charge on any atom is 0.230 e. The third-order valence-corrected chi connectivity index (χ3v) is 3.78. The van der Waals surface area contributed by atoms with E-state index < -0.39 is 0 Å². The Hall–Kier alpha value is -3.41. The highest BCUT2D eigenvalue weighted by Crippen LogP contribution is 2.17. The molecule has 0 unspecified atom stereocenters. The number of para-hydroxylation sites is 1. The zero-order valence-electron chi connectivity index (χ0n) is 12.8. The number of fused-ring (bicyclic) bond motifs is 1. The van der Waals surface area contributed by atoms with Crippen LogP contribution in [0.2, 0.25) is 0 Å². The van der Waals surface area contributed by atoms with Gasteiger partial charge >= 0.3 is 0 Å².